The minimum absolute atomic E-state index is 0.0214. The highest BCUT2D eigenvalue weighted by Crippen LogP contribution is 2.27. The Balaban J connectivity index is 1.52. The van der Waals surface area contributed by atoms with Gasteiger partial charge in [0, 0.05) is 5.69 Å². The fourth-order valence-corrected chi connectivity index (χ4v) is 5.45. The zero-order valence-corrected chi connectivity index (χ0v) is 21.5. The molecule has 0 bridgehead atoms. The molecule has 0 radical (unpaired) electrons. The van der Waals surface area contributed by atoms with Gasteiger partial charge in [-0.15, -0.1) is 10.2 Å². The second-order valence-electron chi connectivity index (χ2n) is 9.33. The summed E-state index contributed by atoms with van der Waals surface area (Å²) in [5.74, 6) is 0.943. The number of hydrogen-bond acceptors (Lipinski definition) is 5. The third kappa shape index (κ3) is 6.07. The highest BCUT2D eigenvalue weighted by molar-refractivity contribution is 8.00. The molecule has 180 valence electrons. The summed E-state index contributed by atoms with van der Waals surface area (Å²) in [6.45, 7) is 11.8. The molecular weight excluding hydrogens is 442 g/mol. The first kappa shape index (κ1) is 24.5. The van der Waals surface area contributed by atoms with Crippen molar-refractivity contribution in [3.8, 4) is 0 Å². The van der Waals surface area contributed by atoms with E-state index in [0.29, 0.717) is 6.54 Å². The van der Waals surface area contributed by atoms with Crippen LogP contribution in [-0.4, -0.2) is 43.9 Å². The molecule has 2 heterocycles. The molecule has 1 fully saturated rings. The SMILES string of the molecule is Cc1cc(C)c(NC(=O)C(C)Sc2nnc(CN3CCCCC3)n2Cc2ccccc2)c(C)c1. The number of anilines is 1. The zero-order chi connectivity index (χ0) is 24.1. The van der Waals surface area contributed by atoms with Crippen molar-refractivity contribution in [2.45, 2.75) is 70.5 Å². The molecule has 1 amide bonds. The van der Waals surface area contributed by atoms with Crippen LogP contribution in [0.2, 0.25) is 0 Å². The van der Waals surface area contributed by atoms with Crippen molar-refractivity contribution < 1.29 is 4.79 Å². The van der Waals surface area contributed by atoms with Crippen LogP contribution in [0.15, 0.2) is 47.6 Å². The summed E-state index contributed by atoms with van der Waals surface area (Å²) < 4.78 is 2.18. The van der Waals surface area contributed by atoms with Gasteiger partial charge in [0.15, 0.2) is 5.16 Å². The molecular formula is C27H35N5OS. The lowest BCUT2D eigenvalue weighted by molar-refractivity contribution is -0.115. The Kier molecular flexibility index (Phi) is 8.06. The summed E-state index contributed by atoms with van der Waals surface area (Å²) >= 11 is 1.47. The minimum Gasteiger partial charge on any atom is -0.325 e. The number of aryl methyl sites for hydroxylation is 3. The van der Waals surface area contributed by atoms with Gasteiger partial charge in [0.25, 0.3) is 0 Å². The summed E-state index contributed by atoms with van der Waals surface area (Å²) in [6, 6.07) is 14.6. The Labute approximate surface area is 207 Å². The number of likely N-dealkylation sites (tertiary alicyclic amines) is 1. The molecule has 0 spiro atoms. The van der Waals surface area contributed by atoms with Crippen LogP contribution in [0.25, 0.3) is 0 Å². The van der Waals surface area contributed by atoms with E-state index in [-0.39, 0.29) is 11.2 Å². The fourth-order valence-electron chi connectivity index (χ4n) is 4.58. The van der Waals surface area contributed by atoms with E-state index in [1.54, 1.807) is 0 Å². The van der Waals surface area contributed by atoms with E-state index >= 15 is 0 Å². The van der Waals surface area contributed by atoms with Crippen molar-refractivity contribution >= 4 is 23.4 Å². The molecule has 1 aliphatic heterocycles. The number of piperidine rings is 1. The molecule has 1 aromatic heterocycles. The van der Waals surface area contributed by atoms with E-state index in [2.05, 4.69) is 68.3 Å². The number of rotatable bonds is 8. The topological polar surface area (TPSA) is 63.1 Å². The summed E-state index contributed by atoms with van der Waals surface area (Å²) in [6.07, 6.45) is 3.79. The molecule has 1 atom stereocenters. The largest absolute Gasteiger partial charge is 0.325 e. The average molecular weight is 478 g/mol. The molecule has 1 aliphatic rings. The van der Waals surface area contributed by atoms with Crippen molar-refractivity contribution in [3.05, 3.63) is 70.5 Å². The number of hydrogen-bond donors (Lipinski definition) is 1. The Morgan fingerprint density at radius 3 is 2.35 bits per heavy atom. The molecule has 6 nitrogen and oxygen atoms in total. The third-order valence-corrected chi connectivity index (χ3v) is 7.45. The lowest BCUT2D eigenvalue weighted by atomic mass is 10.1. The molecule has 34 heavy (non-hydrogen) atoms. The highest BCUT2D eigenvalue weighted by atomic mass is 32.2. The standard InChI is InChI=1S/C27H35N5OS/c1-19-15-20(2)25(21(3)16-19)28-26(33)22(4)34-27-30-29-24(18-31-13-9-6-10-14-31)32(27)17-23-11-7-5-8-12-23/h5,7-8,11-12,15-16,22H,6,9-10,13-14,17-18H2,1-4H3,(H,28,33). The van der Waals surface area contributed by atoms with Crippen LogP contribution in [0.4, 0.5) is 5.69 Å². The molecule has 1 saturated heterocycles. The Morgan fingerprint density at radius 1 is 1.00 bits per heavy atom. The first-order valence-corrected chi connectivity index (χ1v) is 13.0. The number of thioether (sulfide) groups is 1. The number of nitrogens with zero attached hydrogens (tertiary/aromatic N) is 4. The van der Waals surface area contributed by atoms with E-state index in [1.165, 1.54) is 42.2 Å². The predicted molar refractivity (Wildman–Crippen MR) is 139 cm³/mol. The van der Waals surface area contributed by atoms with Gasteiger partial charge in [-0.05, 0) is 70.3 Å². The Bertz CT molecular complexity index is 1100. The van der Waals surface area contributed by atoms with E-state index in [4.69, 9.17) is 0 Å². The Morgan fingerprint density at radius 2 is 1.68 bits per heavy atom. The van der Waals surface area contributed by atoms with E-state index in [0.717, 1.165) is 47.4 Å². The van der Waals surface area contributed by atoms with Gasteiger partial charge in [0.1, 0.15) is 5.82 Å². The molecule has 1 N–H and O–H groups in total. The van der Waals surface area contributed by atoms with Crippen molar-refractivity contribution in [2.24, 2.45) is 0 Å². The first-order chi connectivity index (χ1) is 16.4. The van der Waals surface area contributed by atoms with Gasteiger partial charge in [0.2, 0.25) is 5.91 Å². The maximum Gasteiger partial charge on any atom is 0.237 e. The van der Waals surface area contributed by atoms with Gasteiger partial charge in [-0.2, -0.15) is 0 Å². The number of benzene rings is 2. The summed E-state index contributed by atoms with van der Waals surface area (Å²) in [5, 5.41) is 12.7. The lowest BCUT2D eigenvalue weighted by Gasteiger charge is -2.26. The summed E-state index contributed by atoms with van der Waals surface area (Å²) in [4.78, 5) is 15.6. The number of aromatic nitrogens is 3. The second-order valence-corrected chi connectivity index (χ2v) is 10.6. The molecule has 0 saturated carbocycles. The molecule has 0 aliphatic carbocycles. The van der Waals surface area contributed by atoms with Gasteiger partial charge >= 0.3 is 0 Å². The third-order valence-electron chi connectivity index (χ3n) is 6.37. The average Bonchev–Trinajstić information content (AvgIpc) is 3.18. The number of carbonyl (C=O) groups excluding carboxylic acids is 1. The molecule has 3 aromatic rings. The van der Waals surface area contributed by atoms with Crippen molar-refractivity contribution in [1.29, 1.82) is 0 Å². The number of carbonyl (C=O) groups is 1. The van der Waals surface area contributed by atoms with Crippen LogP contribution in [0.5, 0.6) is 0 Å². The van der Waals surface area contributed by atoms with Gasteiger partial charge < -0.3 is 9.88 Å². The molecule has 7 heteroatoms. The maximum atomic E-state index is 13.1. The van der Waals surface area contributed by atoms with Gasteiger partial charge in [-0.3, -0.25) is 9.69 Å². The van der Waals surface area contributed by atoms with Gasteiger partial charge in [-0.25, -0.2) is 0 Å². The van der Waals surface area contributed by atoms with Crippen LogP contribution in [-0.2, 0) is 17.9 Å². The number of amides is 1. The smallest absolute Gasteiger partial charge is 0.237 e. The fraction of sp³-hybridized carbons (Fsp3) is 0.444. The van der Waals surface area contributed by atoms with E-state index in [9.17, 15) is 4.79 Å². The first-order valence-electron chi connectivity index (χ1n) is 12.1. The van der Waals surface area contributed by atoms with E-state index < -0.39 is 0 Å². The molecule has 4 rings (SSSR count). The monoisotopic (exact) mass is 477 g/mol. The van der Waals surface area contributed by atoms with Crippen molar-refractivity contribution in [3.63, 3.8) is 0 Å². The second kappa shape index (κ2) is 11.2. The van der Waals surface area contributed by atoms with Crippen LogP contribution in [0, 0.1) is 20.8 Å². The molecule has 2 aromatic carbocycles. The zero-order valence-electron chi connectivity index (χ0n) is 20.7. The van der Waals surface area contributed by atoms with Gasteiger partial charge in [-0.1, -0.05) is 66.2 Å². The quantitative estimate of drug-likeness (QED) is 0.443. The normalized spacial score (nSPS) is 15.3. The van der Waals surface area contributed by atoms with Crippen molar-refractivity contribution in [2.75, 3.05) is 18.4 Å². The lowest BCUT2D eigenvalue weighted by Crippen LogP contribution is -2.30. The minimum atomic E-state index is -0.304. The van der Waals surface area contributed by atoms with Crippen molar-refractivity contribution in [1.82, 2.24) is 19.7 Å². The maximum absolute atomic E-state index is 13.1. The number of nitrogens with one attached hydrogen (secondary N) is 1. The van der Waals surface area contributed by atoms with Crippen LogP contribution in [0.1, 0.15) is 54.3 Å². The summed E-state index contributed by atoms with van der Waals surface area (Å²) in [5.41, 5.74) is 5.47. The Hall–Kier alpha value is -2.64. The summed E-state index contributed by atoms with van der Waals surface area (Å²) in [7, 11) is 0. The molecule has 1 unspecified atom stereocenters. The predicted octanol–water partition coefficient (Wildman–Crippen LogP) is 5.36. The highest BCUT2D eigenvalue weighted by Gasteiger charge is 2.23. The van der Waals surface area contributed by atoms with Crippen LogP contribution < -0.4 is 5.32 Å². The van der Waals surface area contributed by atoms with Crippen LogP contribution in [0.3, 0.4) is 0 Å². The van der Waals surface area contributed by atoms with Crippen LogP contribution >= 0.6 is 11.8 Å². The van der Waals surface area contributed by atoms with E-state index in [1.807, 2.05) is 26.8 Å². The van der Waals surface area contributed by atoms with Gasteiger partial charge in [0.05, 0.1) is 18.3 Å².